The van der Waals surface area contributed by atoms with Crippen LogP contribution in [-0.4, -0.2) is 22.8 Å². The van der Waals surface area contributed by atoms with E-state index in [9.17, 15) is 9.90 Å². The molecule has 0 aromatic rings. The Morgan fingerprint density at radius 3 is 2.61 bits per heavy atom. The third-order valence-corrected chi connectivity index (χ3v) is 3.34. The summed E-state index contributed by atoms with van der Waals surface area (Å²) in [4.78, 5) is 10.9. The Morgan fingerprint density at radius 1 is 1.22 bits per heavy atom. The summed E-state index contributed by atoms with van der Waals surface area (Å²) in [5.74, 6) is -0.0239. The lowest BCUT2D eigenvalue weighted by molar-refractivity contribution is -0.121. The molecule has 1 aliphatic rings. The summed E-state index contributed by atoms with van der Waals surface area (Å²) in [7, 11) is 0. The summed E-state index contributed by atoms with van der Waals surface area (Å²) in [5, 5.41) is 13.9. The normalized spacial score (nSPS) is 17.2. The Morgan fingerprint density at radius 2 is 1.94 bits per heavy atom. The van der Waals surface area contributed by atoms with Gasteiger partial charge in [0.05, 0.1) is 6.10 Å². The first kappa shape index (κ1) is 15.2. The van der Waals surface area contributed by atoms with Crippen molar-refractivity contribution in [2.75, 3.05) is 0 Å². The molecule has 1 heterocycles. The highest BCUT2D eigenvalue weighted by Crippen LogP contribution is 2.12. The van der Waals surface area contributed by atoms with Crippen molar-refractivity contribution in [1.29, 1.82) is 0 Å². The third-order valence-electron chi connectivity index (χ3n) is 3.34. The van der Waals surface area contributed by atoms with Gasteiger partial charge >= 0.3 is 0 Å². The lowest BCUT2D eigenvalue weighted by Gasteiger charge is -2.15. The van der Waals surface area contributed by atoms with Crippen molar-refractivity contribution in [1.82, 2.24) is 5.43 Å². The van der Waals surface area contributed by atoms with Gasteiger partial charge in [0.2, 0.25) is 5.91 Å². The molecule has 0 saturated heterocycles. The van der Waals surface area contributed by atoms with Crippen LogP contribution in [0.5, 0.6) is 0 Å². The maximum absolute atomic E-state index is 10.9. The van der Waals surface area contributed by atoms with Crippen LogP contribution in [-0.2, 0) is 4.79 Å². The standard InChI is InChI=1S/C14H26N2O2/c1-2-3-4-5-6-7-8-13(17)11-12-9-10-14(18)16-15-12/h13,17H,2-11H2,1H3,(H,16,18). The van der Waals surface area contributed by atoms with E-state index in [4.69, 9.17) is 0 Å². The summed E-state index contributed by atoms with van der Waals surface area (Å²) in [6.45, 7) is 2.22. The number of hydrogen-bond donors (Lipinski definition) is 2. The van der Waals surface area contributed by atoms with Crippen molar-refractivity contribution in [3.05, 3.63) is 0 Å². The average Bonchev–Trinajstić information content (AvgIpc) is 2.36. The Labute approximate surface area is 110 Å². The van der Waals surface area contributed by atoms with E-state index in [1.807, 2.05) is 0 Å². The first-order valence-corrected chi connectivity index (χ1v) is 7.24. The van der Waals surface area contributed by atoms with Gasteiger partial charge in [0.1, 0.15) is 0 Å². The molecule has 0 radical (unpaired) electrons. The number of nitrogens with zero attached hydrogens (tertiary/aromatic N) is 1. The van der Waals surface area contributed by atoms with Gasteiger partial charge in [-0.2, -0.15) is 5.10 Å². The monoisotopic (exact) mass is 254 g/mol. The molecule has 0 bridgehead atoms. The van der Waals surface area contributed by atoms with Crippen LogP contribution in [0.2, 0.25) is 0 Å². The maximum Gasteiger partial charge on any atom is 0.240 e. The molecule has 1 rings (SSSR count). The minimum Gasteiger partial charge on any atom is -0.393 e. The Balaban J connectivity index is 2.03. The van der Waals surface area contributed by atoms with Crippen molar-refractivity contribution in [3.63, 3.8) is 0 Å². The van der Waals surface area contributed by atoms with Crippen molar-refractivity contribution in [2.45, 2.75) is 77.2 Å². The van der Waals surface area contributed by atoms with Crippen molar-refractivity contribution in [3.8, 4) is 0 Å². The summed E-state index contributed by atoms with van der Waals surface area (Å²) >= 11 is 0. The van der Waals surface area contributed by atoms with Crippen LogP contribution in [0.1, 0.15) is 71.1 Å². The van der Waals surface area contributed by atoms with Gasteiger partial charge in [0.15, 0.2) is 0 Å². The van der Waals surface area contributed by atoms with Crippen LogP contribution in [0.3, 0.4) is 0 Å². The zero-order chi connectivity index (χ0) is 13.2. The predicted octanol–water partition coefficient (Wildman–Crippen LogP) is 2.75. The van der Waals surface area contributed by atoms with E-state index in [1.54, 1.807) is 0 Å². The second-order valence-corrected chi connectivity index (χ2v) is 5.13. The number of carbonyl (C=O) groups excluding carboxylic acids is 1. The smallest absolute Gasteiger partial charge is 0.240 e. The highest BCUT2D eigenvalue weighted by atomic mass is 16.3. The van der Waals surface area contributed by atoms with Crippen LogP contribution in [0.25, 0.3) is 0 Å². The van der Waals surface area contributed by atoms with Crippen molar-refractivity contribution in [2.24, 2.45) is 5.10 Å². The molecule has 0 spiro atoms. The van der Waals surface area contributed by atoms with Gasteiger partial charge in [-0.15, -0.1) is 0 Å². The number of aliphatic hydroxyl groups is 1. The Bertz CT molecular complexity index is 277. The number of hydrazone groups is 1. The molecule has 4 nitrogen and oxygen atoms in total. The van der Waals surface area contributed by atoms with E-state index >= 15 is 0 Å². The number of carbonyl (C=O) groups is 1. The SMILES string of the molecule is CCCCCCCCC(O)CC1=NNC(=O)CC1. The summed E-state index contributed by atoms with van der Waals surface area (Å²) in [6, 6.07) is 0. The zero-order valence-electron chi connectivity index (χ0n) is 11.5. The van der Waals surface area contributed by atoms with Crippen molar-refractivity contribution < 1.29 is 9.90 Å². The largest absolute Gasteiger partial charge is 0.393 e. The zero-order valence-corrected chi connectivity index (χ0v) is 11.5. The minimum atomic E-state index is -0.301. The molecule has 104 valence electrons. The Kier molecular flexibility index (Phi) is 7.65. The molecule has 18 heavy (non-hydrogen) atoms. The fraction of sp³-hybridized carbons (Fsp3) is 0.857. The second-order valence-electron chi connectivity index (χ2n) is 5.13. The molecule has 0 aromatic heterocycles. The maximum atomic E-state index is 10.9. The van der Waals surface area contributed by atoms with Gasteiger partial charge in [0.25, 0.3) is 0 Å². The molecule has 1 amide bonds. The van der Waals surface area contributed by atoms with Gasteiger partial charge < -0.3 is 5.11 Å². The molecule has 4 heteroatoms. The van der Waals surface area contributed by atoms with Crippen LogP contribution in [0.4, 0.5) is 0 Å². The predicted molar refractivity (Wildman–Crippen MR) is 73.4 cm³/mol. The number of nitrogens with one attached hydrogen (secondary N) is 1. The molecule has 0 aliphatic carbocycles. The molecule has 0 fully saturated rings. The van der Waals surface area contributed by atoms with Gasteiger partial charge in [-0.25, -0.2) is 5.43 Å². The molecule has 0 aromatic carbocycles. The Hall–Kier alpha value is -0.900. The van der Waals surface area contributed by atoms with E-state index in [2.05, 4.69) is 17.5 Å². The summed E-state index contributed by atoms with van der Waals surface area (Å²) < 4.78 is 0. The van der Waals surface area contributed by atoms with Crippen molar-refractivity contribution >= 4 is 11.6 Å². The molecule has 1 unspecified atom stereocenters. The molecule has 1 atom stereocenters. The number of rotatable bonds is 9. The number of aliphatic hydroxyl groups excluding tert-OH is 1. The van der Waals surface area contributed by atoms with Gasteiger partial charge in [-0.05, 0) is 12.8 Å². The molecular weight excluding hydrogens is 228 g/mol. The fourth-order valence-electron chi connectivity index (χ4n) is 2.19. The minimum absolute atomic E-state index is 0.0239. The molecule has 1 aliphatic heterocycles. The molecular formula is C14H26N2O2. The van der Waals surface area contributed by atoms with E-state index in [-0.39, 0.29) is 12.0 Å². The summed E-state index contributed by atoms with van der Waals surface area (Å²) in [6.07, 6.45) is 9.82. The lowest BCUT2D eigenvalue weighted by atomic mass is 10.0. The summed E-state index contributed by atoms with van der Waals surface area (Å²) in [5.41, 5.74) is 3.39. The average molecular weight is 254 g/mol. The second kappa shape index (κ2) is 9.09. The van der Waals surface area contributed by atoms with Gasteiger partial charge in [0, 0.05) is 18.6 Å². The van der Waals surface area contributed by atoms with E-state index in [0.29, 0.717) is 19.3 Å². The van der Waals surface area contributed by atoms with E-state index in [1.165, 1.54) is 32.1 Å². The molecule has 0 saturated carbocycles. The van der Waals surface area contributed by atoms with Crippen LogP contribution >= 0.6 is 0 Å². The van der Waals surface area contributed by atoms with Crippen LogP contribution in [0, 0.1) is 0 Å². The van der Waals surface area contributed by atoms with E-state index in [0.717, 1.165) is 18.6 Å². The first-order valence-electron chi connectivity index (χ1n) is 7.24. The highest BCUT2D eigenvalue weighted by Gasteiger charge is 2.14. The number of amides is 1. The lowest BCUT2D eigenvalue weighted by Crippen LogP contribution is -2.27. The first-order chi connectivity index (χ1) is 8.72. The quantitative estimate of drug-likeness (QED) is 0.621. The van der Waals surface area contributed by atoms with Crippen LogP contribution < -0.4 is 5.43 Å². The van der Waals surface area contributed by atoms with Crippen LogP contribution in [0.15, 0.2) is 5.10 Å². The fourth-order valence-corrected chi connectivity index (χ4v) is 2.19. The van der Waals surface area contributed by atoms with E-state index < -0.39 is 0 Å². The molecule has 2 N–H and O–H groups in total. The topological polar surface area (TPSA) is 61.7 Å². The highest BCUT2D eigenvalue weighted by molar-refractivity contribution is 5.92. The number of unbranched alkanes of at least 4 members (excludes halogenated alkanes) is 5. The number of hydrogen-bond acceptors (Lipinski definition) is 3. The van der Waals surface area contributed by atoms with Gasteiger partial charge in [-0.1, -0.05) is 45.4 Å². The van der Waals surface area contributed by atoms with Gasteiger partial charge in [-0.3, -0.25) is 4.79 Å². The third kappa shape index (κ3) is 6.74.